The number of rotatable bonds is 14. The lowest BCUT2D eigenvalue weighted by molar-refractivity contribution is -0.140. The highest BCUT2D eigenvalue weighted by Crippen LogP contribution is 2.28. The summed E-state index contributed by atoms with van der Waals surface area (Å²) in [6.07, 6.45) is 0.908. The van der Waals surface area contributed by atoms with Crippen molar-refractivity contribution in [2.45, 2.75) is 50.2 Å². The highest BCUT2D eigenvalue weighted by atomic mass is 35.5. The Kier molecular flexibility index (Phi) is 11.6. The van der Waals surface area contributed by atoms with E-state index in [1.807, 2.05) is 44.2 Å². The summed E-state index contributed by atoms with van der Waals surface area (Å²) in [6.45, 7) is 3.27. The topological polar surface area (TPSA) is 96.0 Å². The minimum Gasteiger partial charge on any atom is -0.497 e. The number of amides is 2. The zero-order valence-corrected chi connectivity index (χ0v) is 27.2. The Morgan fingerprint density at radius 3 is 2.18 bits per heavy atom. The molecule has 2 amide bonds. The molecule has 0 unspecified atom stereocenters. The lowest BCUT2D eigenvalue weighted by Crippen LogP contribution is -2.54. The molecule has 45 heavy (non-hydrogen) atoms. The predicted octanol–water partition coefficient (Wildman–Crippen LogP) is 6.10. The first-order chi connectivity index (χ1) is 21.6. The molecule has 0 aliphatic carbocycles. The lowest BCUT2D eigenvalue weighted by atomic mass is 10.0. The van der Waals surface area contributed by atoms with Gasteiger partial charge in [-0.25, -0.2) is 8.42 Å². The van der Waals surface area contributed by atoms with Crippen molar-refractivity contribution in [3.8, 4) is 5.75 Å². The van der Waals surface area contributed by atoms with Crippen LogP contribution < -0.4 is 14.4 Å². The molecule has 236 valence electrons. The zero-order valence-electron chi connectivity index (χ0n) is 25.6. The van der Waals surface area contributed by atoms with Crippen LogP contribution in [0.2, 0.25) is 5.02 Å². The van der Waals surface area contributed by atoms with Crippen molar-refractivity contribution in [3.63, 3.8) is 0 Å². The predicted molar refractivity (Wildman–Crippen MR) is 178 cm³/mol. The Morgan fingerprint density at radius 1 is 0.889 bits per heavy atom. The molecule has 0 radical (unpaired) electrons. The fourth-order valence-electron chi connectivity index (χ4n) is 4.82. The molecule has 0 aliphatic rings. The summed E-state index contributed by atoms with van der Waals surface area (Å²) in [4.78, 5) is 29.9. The molecule has 4 aromatic rings. The van der Waals surface area contributed by atoms with Gasteiger partial charge in [0.05, 0.1) is 17.7 Å². The number of hydrogen-bond donors (Lipinski definition) is 1. The molecule has 1 N–H and O–H groups in total. The van der Waals surface area contributed by atoms with Crippen LogP contribution in [0, 0.1) is 0 Å². The van der Waals surface area contributed by atoms with Gasteiger partial charge in [0.25, 0.3) is 10.0 Å². The summed E-state index contributed by atoms with van der Waals surface area (Å²) >= 11 is 6.55. The molecule has 0 saturated heterocycles. The third kappa shape index (κ3) is 8.65. The summed E-state index contributed by atoms with van der Waals surface area (Å²) in [5.41, 5.74) is 1.72. The maximum Gasteiger partial charge on any atom is 0.264 e. The number of benzene rings is 4. The molecule has 0 aliphatic heterocycles. The van der Waals surface area contributed by atoms with Crippen molar-refractivity contribution in [2.24, 2.45) is 0 Å². The van der Waals surface area contributed by atoms with Crippen molar-refractivity contribution < 1.29 is 22.7 Å². The van der Waals surface area contributed by atoms with Crippen LogP contribution in [0.1, 0.15) is 31.4 Å². The molecule has 4 rings (SSSR count). The summed E-state index contributed by atoms with van der Waals surface area (Å²) < 4.78 is 34.6. The minimum absolute atomic E-state index is 0.0126. The van der Waals surface area contributed by atoms with Crippen LogP contribution in [-0.2, 0) is 32.6 Å². The highest BCUT2D eigenvalue weighted by molar-refractivity contribution is 7.92. The molecule has 0 saturated carbocycles. The van der Waals surface area contributed by atoms with Gasteiger partial charge in [0.1, 0.15) is 18.3 Å². The summed E-state index contributed by atoms with van der Waals surface area (Å²) in [5, 5.41) is 3.46. The molecule has 8 nitrogen and oxygen atoms in total. The van der Waals surface area contributed by atoms with Gasteiger partial charge in [0.2, 0.25) is 11.8 Å². The van der Waals surface area contributed by atoms with E-state index >= 15 is 0 Å². The highest BCUT2D eigenvalue weighted by Gasteiger charge is 2.35. The van der Waals surface area contributed by atoms with Gasteiger partial charge in [-0.2, -0.15) is 0 Å². The largest absolute Gasteiger partial charge is 0.497 e. The van der Waals surface area contributed by atoms with Crippen LogP contribution in [0.15, 0.2) is 114 Å². The van der Waals surface area contributed by atoms with E-state index in [-0.39, 0.29) is 35.5 Å². The lowest BCUT2D eigenvalue weighted by Gasteiger charge is -2.34. The van der Waals surface area contributed by atoms with E-state index in [4.69, 9.17) is 16.3 Å². The fourth-order valence-corrected chi connectivity index (χ4v) is 6.44. The number of nitrogens with one attached hydrogen (secondary N) is 1. The molecule has 4 aromatic carbocycles. The Hall–Kier alpha value is -4.34. The molecule has 0 bridgehead atoms. The van der Waals surface area contributed by atoms with Crippen molar-refractivity contribution in [1.29, 1.82) is 0 Å². The van der Waals surface area contributed by atoms with Gasteiger partial charge in [-0.3, -0.25) is 13.9 Å². The van der Waals surface area contributed by atoms with Gasteiger partial charge < -0.3 is 15.0 Å². The quantitative estimate of drug-likeness (QED) is 0.179. The van der Waals surface area contributed by atoms with E-state index in [1.165, 1.54) is 24.1 Å². The number of carbonyl (C=O) groups excluding carboxylic acids is 2. The van der Waals surface area contributed by atoms with Gasteiger partial charge in [0, 0.05) is 30.1 Å². The number of sulfonamides is 1. The van der Waals surface area contributed by atoms with Crippen LogP contribution in [-0.4, -0.2) is 50.9 Å². The van der Waals surface area contributed by atoms with E-state index in [0.29, 0.717) is 22.8 Å². The molecule has 10 heteroatoms. The molecular formula is C35H38ClN3O5S. The van der Waals surface area contributed by atoms with Crippen LogP contribution in [0.5, 0.6) is 5.75 Å². The monoisotopic (exact) mass is 647 g/mol. The second kappa shape index (κ2) is 15.6. The number of carbonyl (C=O) groups is 2. The maximum absolute atomic E-state index is 14.5. The first-order valence-corrected chi connectivity index (χ1v) is 16.5. The van der Waals surface area contributed by atoms with Crippen LogP contribution in [0.3, 0.4) is 0 Å². The first kappa shape index (κ1) is 33.6. The Bertz CT molecular complexity index is 1690. The summed E-state index contributed by atoms with van der Waals surface area (Å²) in [5.74, 6) is -0.485. The zero-order chi connectivity index (χ0) is 32.4. The number of methoxy groups -OCH3 is 1. The maximum atomic E-state index is 14.5. The van der Waals surface area contributed by atoms with Gasteiger partial charge >= 0.3 is 0 Å². The first-order valence-electron chi connectivity index (χ1n) is 14.7. The van der Waals surface area contributed by atoms with Crippen molar-refractivity contribution in [1.82, 2.24) is 10.2 Å². The third-order valence-corrected chi connectivity index (χ3v) is 9.68. The minimum atomic E-state index is -4.21. The number of ether oxygens (including phenoxy) is 1. The van der Waals surface area contributed by atoms with Crippen LogP contribution in [0.4, 0.5) is 5.69 Å². The molecule has 0 heterocycles. The van der Waals surface area contributed by atoms with Crippen molar-refractivity contribution in [2.75, 3.05) is 18.0 Å². The van der Waals surface area contributed by atoms with Gasteiger partial charge in [-0.15, -0.1) is 0 Å². The average Bonchev–Trinajstić information content (AvgIpc) is 3.06. The SMILES string of the molecule is CC[C@H](C)NC(=O)[C@@H](Cc1ccccc1)N(Cc1ccccc1Cl)C(=O)CN(c1cccc(OC)c1)S(=O)(=O)c1ccccc1. The van der Waals surface area contributed by atoms with Crippen LogP contribution in [0.25, 0.3) is 0 Å². The molecule has 0 spiro atoms. The average molecular weight is 648 g/mol. The van der Waals surface area contributed by atoms with Gasteiger partial charge in [0.15, 0.2) is 0 Å². The Morgan fingerprint density at radius 2 is 1.53 bits per heavy atom. The number of halogens is 1. The molecule has 0 aromatic heterocycles. The Labute approximate surface area is 270 Å². The van der Waals surface area contributed by atoms with Gasteiger partial charge in [-0.05, 0) is 54.8 Å². The molecule has 2 atom stereocenters. The number of anilines is 1. The second-order valence-electron chi connectivity index (χ2n) is 10.7. The van der Waals surface area contributed by atoms with Crippen LogP contribution >= 0.6 is 11.6 Å². The van der Waals surface area contributed by atoms with E-state index < -0.39 is 28.5 Å². The van der Waals surface area contributed by atoms with Crippen molar-refractivity contribution in [3.05, 3.63) is 125 Å². The van der Waals surface area contributed by atoms with Gasteiger partial charge in [-0.1, -0.05) is 91.3 Å². The molecular weight excluding hydrogens is 610 g/mol. The summed E-state index contributed by atoms with van der Waals surface area (Å²) in [7, 11) is -2.73. The van der Waals surface area contributed by atoms with E-state index in [2.05, 4.69) is 5.32 Å². The molecule has 0 fully saturated rings. The standard InChI is InChI=1S/C35H38ClN3O5S/c1-4-26(2)37-35(41)33(22-27-14-7-5-8-15-27)38(24-28-16-11-12-21-32(28)36)34(40)25-39(29-17-13-18-30(23-29)44-3)45(42,43)31-19-9-6-10-20-31/h5-21,23,26,33H,4,22,24-25H2,1-3H3,(H,37,41)/t26-,33+/m0/s1. The number of hydrogen-bond acceptors (Lipinski definition) is 5. The number of nitrogens with zero attached hydrogens (tertiary/aromatic N) is 2. The third-order valence-electron chi connectivity index (χ3n) is 7.52. The van der Waals surface area contributed by atoms with E-state index in [9.17, 15) is 18.0 Å². The smallest absolute Gasteiger partial charge is 0.264 e. The normalized spacial score (nSPS) is 12.5. The Balaban J connectivity index is 1.82. The fraction of sp³-hybridized carbons (Fsp3) is 0.257. The summed E-state index contributed by atoms with van der Waals surface area (Å²) in [6, 6.07) is 29.8. The second-order valence-corrected chi connectivity index (χ2v) is 12.9. The van der Waals surface area contributed by atoms with Crippen molar-refractivity contribution >= 4 is 39.1 Å². The van der Waals surface area contributed by atoms with E-state index in [0.717, 1.165) is 9.87 Å². The van der Waals surface area contributed by atoms with E-state index in [1.54, 1.807) is 66.7 Å².